The Bertz CT molecular complexity index is 115. The molecule has 4 nitrogen and oxygen atoms in total. The largest absolute Gasteiger partial charge is 0.481 e. The van der Waals surface area contributed by atoms with Crippen LogP contribution in [0.4, 0.5) is 0 Å². The molecule has 0 saturated carbocycles. The van der Waals surface area contributed by atoms with Gasteiger partial charge in [-0.3, -0.25) is 13.2 Å². The Kier molecular flexibility index (Phi) is 19.8. The van der Waals surface area contributed by atoms with E-state index in [0.29, 0.717) is 0 Å². The van der Waals surface area contributed by atoms with Gasteiger partial charge in [-0.25, -0.2) is 0 Å². The van der Waals surface area contributed by atoms with Crippen molar-refractivity contribution in [1.29, 1.82) is 0 Å². The van der Waals surface area contributed by atoms with Gasteiger partial charge in [-0.2, -0.15) is 0 Å². The van der Waals surface area contributed by atoms with Crippen molar-refractivity contribution < 1.29 is 18.3 Å². The molecule has 0 aromatic heterocycles. The van der Waals surface area contributed by atoms with E-state index in [-0.39, 0.29) is 0 Å². The lowest BCUT2D eigenvalue weighted by Gasteiger charge is -1.60. The van der Waals surface area contributed by atoms with Gasteiger partial charge in [-0.1, -0.05) is 0 Å². The van der Waals surface area contributed by atoms with Crippen LogP contribution >= 0.6 is 0 Å². The number of rotatable bonds is 0. The van der Waals surface area contributed by atoms with Crippen LogP contribution in [0.5, 0.6) is 0 Å². The highest BCUT2D eigenvalue weighted by molar-refractivity contribution is 7.83. The minimum absolute atomic E-state index is 0.611. The molecule has 0 spiro atoms. The van der Waals surface area contributed by atoms with Crippen molar-refractivity contribution in [2.75, 3.05) is 25.0 Å². The van der Waals surface area contributed by atoms with E-state index in [1.165, 1.54) is 0 Å². The molecule has 0 aliphatic carbocycles. The van der Waals surface area contributed by atoms with Crippen LogP contribution in [0.3, 0.4) is 0 Å². The molecule has 0 radical (unpaired) electrons. The average molecular weight is 216 g/mol. The van der Waals surface area contributed by atoms with Crippen LogP contribution in [0.2, 0.25) is 0 Å². The lowest BCUT2D eigenvalue weighted by atomic mass is 10.9. The maximum Gasteiger partial charge on any atom is 0.300 e. The molecule has 0 heterocycles. The third-order valence-corrected chi connectivity index (χ3v) is 0. The highest BCUT2D eigenvalue weighted by atomic mass is 32.2. The van der Waals surface area contributed by atoms with Gasteiger partial charge in [-0.15, -0.1) is 0 Å². The molecule has 0 atom stereocenters. The first-order chi connectivity index (χ1) is 5.20. The molecule has 0 saturated heterocycles. The van der Waals surface area contributed by atoms with E-state index in [2.05, 4.69) is 0 Å². The Morgan fingerprint density at radius 3 is 1.00 bits per heavy atom. The first-order valence-corrected chi connectivity index (χ1v) is 6.83. The summed E-state index contributed by atoms with van der Waals surface area (Å²) in [5.74, 6) is -0.833. The molecule has 12 heavy (non-hydrogen) atoms. The molecule has 0 aliphatic rings. The molecule has 0 aromatic rings. The van der Waals surface area contributed by atoms with Crippen molar-refractivity contribution in [2.24, 2.45) is 0 Å². The maximum atomic E-state index is 9.56. The smallest absolute Gasteiger partial charge is 0.300 e. The second kappa shape index (κ2) is 13.4. The lowest BCUT2D eigenvalue weighted by Crippen LogP contribution is -1.78. The van der Waals surface area contributed by atoms with Crippen LogP contribution in [0.1, 0.15) is 6.92 Å². The summed E-state index contributed by atoms with van der Waals surface area (Å²) in [5.41, 5.74) is 0. The Morgan fingerprint density at radius 1 is 1.00 bits per heavy atom. The quantitative estimate of drug-likeness (QED) is 0.622. The topological polar surface area (TPSA) is 71.4 Å². The summed E-state index contributed by atoms with van der Waals surface area (Å²) in [6, 6.07) is 0. The summed E-state index contributed by atoms with van der Waals surface area (Å²) in [5, 5.41) is 7.42. The maximum absolute atomic E-state index is 9.56. The summed E-state index contributed by atoms with van der Waals surface area (Å²) in [6.45, 7) is 1.08. The third-order valence-electron chi connectivity index (χ3n) is 0. The molecule has 76 valence electrons. The fourth-order valence-electron chi connectivity index (χ4n) is 0. The number of carboxylic acids is 1. The van der Waals surface area contributed by atoms with Crippen molar-refractivity contribution in [1.82, 2.24) is 0 Å². The average Bonchev–Trinajstić information content (AvgIpc) is 1.54. The zero-order valence-electron chi connectivity index (χ0n) is 7.99. The fraction of sp³-hybridized carbons (Fsp3) is 0.833. The van der Waals surface area contributed by atoms with Gasteiger partial charge in [0, 0.05) is 53.5 Å². The minimum atomic E-state index is -0.833. The molecule has 0 unspecified atom stereocenters. The second-order valence-electron chi connectivity index (χ2n) is 2.00. The monoisotopic (exact) mass is 216 g/mol. The van der Waals surface area contributed by atoms with Crippen molar-refractivity contribution in [3.05, 3.63) is 0 Å². The van der Waals surface area contributed by atoms with Gasteiger partial charge < -0.3 is 5.11 Å². The summed E-state index contributed by atoms with van der Waals surface area (Å²) in [6.07, 6.45) is 6.56. The Morgan fingerprint density at radius 2 is 1.00 bits per heavy atom. The number of carboxylic acid groups (broad SMARTS) is 1. The zero-order valence-corrected chi connectivity index (χ0v) is 9.62. The van der Waals surface area contributed by atoms with Gasteiger partial charge in [0.1, 0.15) is 0 Å². The van der Waals surface area contributed by atoms with Crippen LogP contribution in [-0.2, 0) is 26.4 Å². The van der Waals surface area contributed by atoms with Crippen molar-refractivity contribution in [3.8, 4) is 0 Å². The van der Waals surface area contributed by atoms with Gasteiger partial charge in [0.2, 0.25) is 0 Å². The molecule has 0 fully saturated rings. The van der Waals surface area contributed by atoms with E-state index in [1.54, 1.807) is 25.0 Å². The molecule has 0 aliphatic heterocycles. The van der Waals surface area contributed by atoms with Crippen LogP contribution < -0.4 is 0 Å². The normalized spacial score (nSPS) is 7.92. The van der Waals surface area contributed by atoms with E-state index >= 15 is 0 Å². The highest BCUT2D eigenvalue weighted by Gasteiger charge is 1.65. The van der Waals surface area contributed by atoms with Crippen molar-refractivity contribution >= 4 is 27.6 Å². The summed E-state index contributed by atoms with van der Waals surface area (Å²) < 4.78 is 19.1. The Balaban J connectivity index is -0.000000101. The first kappa shape index (κ1) is 17.8. The molecule has 0 amide bonds. The van der Waals surface area contributed by atoms with E-state index < -0.39 is 27.6 Å². The number of hydrogen-bond donors (Lipinski definition) is 1. The predicted octanol–water partition coefficient (Wildman–Crippen LogP) is 0.0803. The predicted molar refractivity (Wildman–Crippen MR) is 53.3 cm³/mol. The van der Waals surface area contributed by atoms with Gasteiger partial charge in [0.15, 0.2) is 0 Å². The SMILES string of the molecule is CC(=O)O.CS(C)=O.CS(C)=O. The van der Waals surface area contributed by atoms with E-state index in [0.717, 1.165) is 6.92 Å². The first-order valence-electron chi connectivity index (χ1n) is 2.89. The minimum Gasteiger partial charge on any atom is -0.481 e. The van der Waals surface area contributed by atoms with Gasteiger partial charge >= 0.3 is 0 Å². The van der Waals surface area contributed by atoms with Crippen LogP contribution in [0.25, 0.3) is 0 Å². The van der Waals surface area contributed by atoms with E-state index in [4.69, 9.17) is 9.90 Å². The molecule has 1 N–H and O–H groups in total. The fourth-order valence-corrected chi connectivity index (χ4v) is 0. The molecule has 6 heteroatoms. The second-order valence-corrected chi connectivity index (χ2v) is 4.97. The number of hydrogen-bond acceptors (Lipinski definition) is 3. The molecular formula is C6H16O4S2. The summed E-state index contributed by atoms with van der Waals surface area (Å²) in [4.78, 5) is 9.00. The molecule has 0 bridgehead atoms. The number of carbonyl (C=O) groups is 1. The van der Waals surface area contributed by atoms with Gasteiger partial charge in [0.25, 0.3) is 5.97 Å². The van der Waals surface area contributed by atoms with Crippen LogP contribution in [-0.4, -0.2) is 44.5 Å². The lowest BCUT2D eigenvalue weighted by molar-refractivity contribution is -0.134. The molecular weight excluding hydrogens is 200 g/mol. The standard InChI is InChI=1S/C2H4O2.2C2H6OS/c1-2(3)4;2*1-4(2)3/h1H3,(H,3,4);2*1-2H3. The van der Waals surface area contributed by atoms with Gasteiger partial charge in [0.05, 0.1) is 0 Å². The zero-order chi connectivity index (χ0) is 10.7. The highest BCUT2D eigenvalue weighted by Crippen LogP contribution is 1.47. The van der Waals surface area contributed by atoms with E-state index in [9.17, 15) is 8.42 Å². The van der Waals surface area contributed by atoms with Crippen LogP contribution in [0.15, 0.2) is 0 Å². The van der Waals surface area contributed by atoms with Crippen molar-refractivity contribution in [2.45, 2.75) is 6.92 Å². The van der Waals surface area contributed by atoms with Gasteiger partial charge in [-0.05, 0) is 0 Å². The van der Waals surface area contributed by atoms with E-state index in [1.807, 2.05) is 0 Å². The van der Waals surface area contributed by atoms with Crippen molar-refractivity contribution in [3.63, 3.8) is 0 Å². The molecule has 0 aromatic carbocycles. The summed E-state index contributed by atoms with van der Waals surface area (Å²) in [7, 11) is -1.22. The Labute approximate surface area is 78.3 Å². The Hall–Kier alpha value is -0.230. The molecule has 0 rings (SSSR count). The van der Waals surface area contributed by atoms with Crippen LogP contribution in [0, 0.1) is 0 Å². The summed E-state index contributed by atoms with van der Waals surface area (Å²) >= 11 is 0. The third kappa shape index (κ3) is 14200. The number of aliphatic carboxylic acids is 1.